The number of hydrogen-bond acceptors (Lipinski definition) is 1. The zero-order valence-corrected chi connectivity index (χ0v) is 8.54. The van der Waals surface area contributed by atoms with E-state index in [-0.39, 0.29) is 0 Å². The minimum Gasteiger partial charge on any atom is -0.330 e. The molecule has 1 aromatic carbocycles. The molecule has 1 nitrogen and oxygen atoms in total. The Morgan fingerprint density at radius 3 is 2.12 bits per heavy atom. The van der Waals surface area contributed by atoms with Crippen LogP contribution in [0.2, 0.25) is 5.02 Å². The predicted molar refractivity (Wildman–Crippen MR) is 49.2 cm³/mol. The van der Waals surface area contributed by atoms with Crippen LogP contribution in [0.15, 0.2) is 12.1 Å². The Kier molecular flexibility index (Phi) is 3.75. The Morgan fingerprint density at radius 1 is 1.19 bits per heavy atom. The second-order valence-corrected chi connectivity index (χ2v) is 3.52. The summed E-state index contributed by atoms with van der Waals surface area (Å²) >= 11 is 5.42. The highest BCUT2D eigenvalue weighted by atomic mass is 35.5. The van der Waals surface area contributed by atoms with Crippen molar-refractivity contribution in [2.45, 2.75) is 12.1 Å². The lowest BCUT2D eigenvalue weighted by Crippen LogP contribution is -2.28. The fraction of sp³-hybridized carbons (Fsp3) is 0.333. The standard InChI is InChI=1S/C9H7ClF5N/c10-6-2-8(12)7(11)1-4(6)5(3-16)9(13,14)15/h1-2,5H,3,16H2. The summed E-state index contributed by atoms with van der Waals surface area (Å²) in [6.45, 7) is -0.783. The van der Waals surface area contributed by atoms with Gasteiger partial charge in [-0.3, -0.25) is 0 Å². The van der Waals surface area contributed by atoms with Gasteiger partial charge in [0.25, 0.3) is 0 Å². The van der Waals surface area contributed by atoms with Crippen LogP contribution in [-0.2, 0) is 0 Å². The molecule has 16 heavy (non-hydrogen) atoms. The maximum absolute atomic E-state index is 12.8. The first-order chi connectivity index (χ1) is 7.27. The molecule has 0 aliphatic rings. The van der Waals surface area contributed by atoms with Gasteiger partial charge in [-0.1, -0.05) is 11.6 Å². The monoisotopic (exact) mass is 259 g/mol. The number of hydrogen-bond donors (Lipinski definition) is 1. The SMILES string of the molecule is NCC(c1cc(F)c(F)cc1Cl)C(F)(F)F. The van der Waals surface area contributed by atoms with Crippen LogP contribution in [0.4, 0.5) is 22.0 Å². The van der Waals surface area contributed by atoms with E-state index in [2.05, 4.69) is 0 Å². The van der Waals surface area contributed by atoms with Gasteiger partial charge in [-0.25, -0.2) is 8.78 Å². The summed E-state index contributed by atoms with van der Waals surface area (Å²) in [4.78, 5) is 0. The number of rotatable bonds is 2. The van der Waals surface area contributed by atoms with Crippen molar-refractivity contribution >= 4 is 11.6 Å². The molecule has 0 aromatic heterocycles. The molecule has 1 atom stereocenters. The molecule has 1 rings (SSSR count). The number of nitrogens with two attached hydrogens (primary N) is 1. The summed E-state index contributed by atoms with van der Waals surface area (Å²) in [6, 6.07) is 0.920. The summed E-state index contributed by atoms with van der Waals surface area (Å²) in [5.74, 6) is -4.79. The van der Waals surface area contributed by atoms with Gasteiger partial charge in [0.2, 0.25) is 0 Å². The highest BCUT2D eigenvalue weighted by Crippen LogP contribution is 2.37. The van der Waals surface area contributed by atoms with Crippen molar-refractivity contribution in [3.05, 3.63) is 34.4 Å². The van der Waals surface area contributed by atoms with Crippen LogP contribution in [-0.4, -0.2) is 12.7 Å². The van der Waals surface area contributed by atoms with E-state index in [1.165, 1.54) is 0 Å². The van der Waals surface area contributed by atoms with Gasteiger partial charge in [0.05, 0.1) is 5.92 Å². The summed E-state index contributed by atoms with van der Waals surface area (Å²) in [7, 11) is 0. The van der Waals surface area contributed by atoms with Crippen LogP contribution in [0.1, 0.15) is 11.5 Å². The molecule has 0 spiro atoms. The Hall–Kier alpha value is -0.880. The lowest BCUT2D eigenvalue weighted by Gasteiger charge is -2.20. The average molecular weight is 260 g/mol. The molecule has 1 aromatic rings. The molecule has 0 amide bonds. The van der Waals surface area contributed by atoms with Crippen molar-refractivity contribution in [3.8, 4) is 0 Å². The summed E-state index contributed by atoms with van der Waals surface area (Å²) in [6.07, 6.45) is -4.65. The number of halogens is 6. The Bertz CT molecular complexity index is 390. The minimum absolute atomic E-state index is 0.419. The van der Waals surface area contributed by atoms with Gasteiger partial charge in [0, 0.05) is 11.6 Å². The van der Waals surface area contributed by atoms with Crippen LogP contribution < -0.4 is 5.73 Å². The fourth-order valence-corrected chi connectivity index (χ4v) is 1.52. The molecule has 7 heteroatoms. The lowest BCUT2D eigenvalue weighted by atomic mass is 9.98. The van der Waals surface area contributed by atoms with Gasteiger partial charge in [-0.05, 0) is 17.7 Å². The molecule has 1 unspecified atom stereocenters. The molecule has 0 aliphatic heterocycles. The highest BCUT2D eigenvalue weighted by molar-refractivity contribution is 6.31. The molecule has 90 valence electrons. The van der Waals surface area contributed by atoms with E-state index in [0.29, 0.717) is 12.1 Å². The second-order valence-electron chi connectivity index (χ2n) is 3.12. The number of benzene rings is 1. The summed E-state index contributed by atoms with van der Waals surface area (Å²) in [5.41, 5.74) is 4.39. The van der Waals surface area contributed by atoms with Crippen LogP contribution in [0, 0.1) is 11.6 Å². The van der Waals surface area contributed by atoms with Crippen LogP contribution in [0.5, 0.6) is 0 Å². The Labute approximate surface area is 93.0 Å². The zero-order valence-electron chi connectivity index (χ0n) is 7.78. The van der Waals surface area contributed by atoms with Crippen LogP contribution in [0.3, 0.4) is 0 Å². The normalized spacial score (nSPS) is 13.9. The third-order valence-electron chi connectivity index (χ3n) is 2.05. The predicted octanol–water partition coefficient (Wildman–Crippen LogP) is 3.22. The van der Waals surface area contributed by atoms with E-state index in [4.69, 9.17) is 17.3 Å². The lowest BCUT2D eigenvalue weighted by molar-refractivity contribution is -0.148. The first-order valence-electron chi connectivity index (χ1n) is 4.18. The third-order valence-corrected chi connectivity index (χ3v) is 2.37. The highest BCUT2D eigenvalue weighted by Gasteiger charge is 2.41. The Balaban J connectivity index is 3.26. The third kappa shape index (κ3) is 2.62. The van der Waals surface area contributed by atoms with Gasteiger partial charge >= 0.3 is 6.18 Å². The van der Waals surface area contributed by atoms with E-state index in [1.807, 2.05) is 0 Å². The molecule has 0 saturated heterocycles. The molecule has 0 heterocycles. The van der Waals surface area contributed by atoms with Crippen molar-refractivity contribution in [1.29, 1.82) is 0 Å². The van der Waals surface area contributed by atoms with E-state index < -0.39 is 40.9 Å². The van der Waals surface area contributed by atoms with Crippen molar-refractivity contribution < 1.29 is 22.0 Å². The van der Waals surface area contributed by atoms with E-state index >= 15 is 0 Å². The molecule has 0 saturated carbocycles. The van der Waals surface area contributed by atoms with Gasteiger partial charge in [-0.15, -0.1) is 0 Å². The quantitative estimate of drug-likeness (QED) is 0.640. The van der Waals surface area contributed by atoms with Gasteiger partial charge in [0.15, 0.2) is 11.6 Å². The van der Waals surface area contributed by atoms with Crippen molar-refractivity contribution in [2.24, 2.45) is 5.73 Å². The summed E-state index contributed by atoms with van der Waals surface area (Å²) < 4.78 is 62.8. The summed E-state index contributed by atoms with van der Waals surface area (Å²) in [5, 5.41) is -0.494. The fourth-order valence-electron chi connectivity index (χ4n) is 1.24. The van der Waals surface area contributed by atoms with Crippen molar-refractivity contribution in [1.82, 2.24) is 0 Å². The first kappa shape index (κ1) is 13.2. The first-order valence-corrected chi connectivity index (χ1v) is 4.56. The maximum atomic E-state index is 12.8. The second kappa shape index (κ2) is 4.55. The largest absolute Gasteiger partial charge is 0.397 e. The molecule has 0 bridgehead atoms. The van der Waals surface area contributed by atoms with E-state index in [1.54, 1.807) is 0 Å². The van der Waals surface area contributed by atoms with E-state index in [9.17, 15) is 22.0 Å². The number of alkyl halides is 3. The average Bonchev–Trinajstić information content (AvgIpc) is 2.12. The molecule has 2 N–H and O–H groups in total. The van der Waals surface area contributed by atoms with Gasteiger partial charge in [0.1, 0.15) is 0 Å². The van der Waals surface area contributed by atoms with Crippen LogP contribution >= 0.6 is 11.6 Å². The maximum Gasteiger partial charge on any atom is 0.397 e. The van der Waals surface area contributed by atoms with Crippen molar-refractivity contribution in [2.75, 3.05) is 6.54 Å². The van der Waals surface area contributed by atoms with Gasteiger partial charge in [-0.2, -0.15) is 13.2 Å². The smallest absolute Gasteiger partial charge is 0.330 e. The molecule has 0 aliphatic carbocycles. The van der Waals surface area contributed by atoms with Crippen molar-refractivity contribution in [3.63, 3.8) is 0 Å². The molecule has 0 radical (unpaired) electrons. The topological polar surface area (TPSA) is 26.0 Å². The molecular weight excluding hydrogens is 253 g/mol. The van der Waals surface area contributed by atoms with Gasteiger partial charge < -0.3 is 5.73 Å². The minimum atomic E-state index is -4.65. The van der Waals surface area contributed by atoms with E-state index in [0.717, 1.165) is 0 Å². The zero-order chi connectivity index (χ0) is 12.5. The van der Waals surface area contributed by atoms with Crippen LogP contribution in [0.25, 0.3) is 0 Å². The Morgan fingerprint density at radius 2 is 1.69 bits per heavy atom. The molecular formula is C9H7ClF5N. The molecule has 0 fully saturated rings.